The van der Waals surface area contributed by atoms with E-state index in [0.29, 0.717) is 35.7 Å². The Morgan fingerprint density at radius 2 is 1.87 bits per heavy atom. The van der Waals surface area contributed by atoms with Gasteiger partial charge in [-0.05, 0) is 61.8 Å². The highest BCUT2D eigenvalue weighted by Crippen LogP contribution is 2.45. The van der Waals surface area contributed by atoms with Crippen LogP contribution >= 0.6 is 0 Å². The van der Waals surface area contributed by atoms with Crippen molar-refractivity contribution in [2.24, 2.45) is 5.92 Å². The summed E-state index contributed by atoms with van der Waals surface area (Å²) in [5, 5.41) is 3.07. The van der Waals surface area contributed by atoms with Crippen molar-refractivity contribution >= 4 is 5.91 Å². The van der Waals surface area contributed by atoms with E-state index in [0.717, 1.165) is 49.2 Å². The zero-order chi connectivity index (χ0) is 21.0. The fraction of sp³-hybridized carbons (Fsp3) is 0.524. The molecule has 0 spiro atoms. The molecule has 4 heterocycles. The number of aromatic nitrogens is 3. The molecular formula is C21H22F3N5O. The molecule has 2 bridgehead atoms. The topological polar surface area (TPSA) is 71.0 Å². The summed E-state index contributed by atoms with van der Waals surface area (Å²) in [5.41, 5.74) is 2.95. The Hall–Kier alpha value is -2.55. The van der Waals surface area contributed by atoms with E-state index in [9.17, 15) is 18.0 Å². The highest BCUT2D eigenvalue weighted by atomic mass is 19.4. The molecule has 6 rings (SSSR count). The number of hydrogen-bond donors (Lipinski definition) is 1. The molecule has 0 unspecified atom stereocenters. The van der Waals surface area contributed by atoms with Crippen molar-refractivity contribution in [2.45, 2.75) is 56.4 Å². The van der Waals surface area contributed by atoms with Gasteiger partial charge in [0.2, 0.25) is 11.7 Å². The molecule has 158 valence electrons. The van der Waals surface area contributed by atoms with Crippen LogP contribution in [-0.4, -0.2) is 44.9 Å². The highest BCUT2D eigenvalue weighted by Gasteiger charge is 2.51. The number of fused-ring (bicyclic) bond motifs is 1. The standard InChI is InChI=1S/C21H22F3N5O/c1-29-15-4-12(5-15)18(29)19(30)26-7-13-6-17(25-10-16(13)11-2-3-11)14-8-27-20(28-9-14)21(22,23)24/h6,8-12,15,18H,2-5,7H2,1H3,(H,26,30)/t12?,15?,18-/m0/s1. The van der Waals surface area contributed by atoms with E-state index in [-0.39, 0.29) is 11.9 Å². The average Bonchev–Trinajstić information content (AvgIpc) is 3.41. The number of likely N-dealkylation sites (N-methyl/N-ethyl adjacent to an activating group) is 1. The second-order valence-corrected chi connectivity index (χ2v) is 8.55. The van der Waals surface area contributed by atoms with Crippen molar-refractivity contribution in [3.8, 4) is 11.3 Å². The van der Waals surface area contributed by atoms with E-state index in [2.05, 4.69) is 25.2 Å². The number of carbonyl (C=O) groups excluding carboxylic acids is 1. The molecule has 1 atom stereocenters. The maximum Gasteiger partial charge on any atom is 0.451 e. The van der Waals surface area contributed by atoms with Crippen molar-refractivity contribution in [1.82, 2.24) is 25.2 Å². The molecule has 1 N–H and O–H groups in total. The van der Waals surface area contributed by atoms with Crippen LogP contribution in [0.25, 0.3) is 11.3 Å². The molecule has 2 aromatic rings. The van der Waals surface area contributed by atoms with Gasteiger partial charge in [-0.1, -0.05) is 0 Å². The first-order chi connectivity index (χ1) is 14.3. The van der Waals surface area contributed by atoms with Gasteiger partial charge in [-0.2, -0.15) is 13.2 Å². The molecular weight excluding hydrogens is 395 g/mol. The van der Waals surface area contributed by atoms with Gasteiger partial charge in [-0.15, -0.1) is 0 Å². The third-order valence-electron chi connectivity index (χ3n) is 6.58. The lowest BCUT2D eigenvalue weighted by atomic mass is 9.82. The summed E-state index contributed by atoms with van der Waals surface area (Å²) in [6.45, 7) is 0.378. The minimum atomic E-state index is -4.58. The molecule has 4 aliphatic rings. The predicted octanol–water partition coefficient (Wildman–Crippen LogP) is 3.14. The van der Waals surface area contributed by atoms with Gasteiger partial charge in [0.1, 0.15) is 0 Å². The molecule has 4 fully saturated rings. The zero-order valence-corrected chi connectivity index (χ0v) is 16.5. The maximum atomic E-state index is 12.8. The Balaban J connectivity index is 1.35. The quantitative estimate of drug-likeness (QED) is 0.809. The van der Waals surface area contributed by atoms with Gasteiger partial charge in [-0.3, -0.25) is 14.7 Å². The third-order valence-corrected chi connectivity index (χ3v) is 6.58. The van der Waals surface area contributed by atoms with E-state index >= 15 is 0 Å². The summed E-state index contributed by atoms with van der Waals surface area (Å²) >= 11 is 0. The number of pyridine rings is 1. The van der Waals surface area contributed by atoms with Gasteiger partial charge >= 0.3 is 6.18 Å². The Labute approximate surface area is 171 Å². The normalized spacial score (nSPS) is 25.8. The van der Waals surface area contributed by atoms with E-state index in [1.807, 2.05) is 13.1 Å². The van der Waals surface area contributed by atoms with Gasteiger partial charge in [0.05, 0.1) is 11.7 Å². The van der Waals surface area contributed by atoms with Crippen LogP contribution < -0.4 is 5.32 Å². The van der Waals surface area contributed by atoms with Gasteiger partial charge in [0.15, 0.2) is 0 Å². The predicted molar refractivity (Wildman–Crippen MR) is 102 cm³/mol. The summed E-state index contributed by atoms with van der Waals surface area (Å²) in [5.74, 6) is -0.252. The van der Waals surface area contributed by atoms with Crippen LogP contribution in [0.3, 0.4) is 0 Å². The number of rotatable bonds is 5. The lowest BCUT2D eigenvalue weighted by Crippen LogP contribution is -2.41. The molecule has 30 heavy (non-hydrogen) atoms. The van der Waals surface area contributed by atoms with Crippen LogP contribution in [-0.2, 0) is 17.5 Å². The van der Waals surface area contributed by atoms with Crippen LogP contribution in [0, 0.1) is 5.92 Å². The number of alkyl halides is 3. The molecule has 9 heteroatoms. The van der Waals surface area contributed by atoms with E-state index in [4.69, 9.17) is 0 Å². The first-order valence-corrected chi connectivity index (χ1v) is 10.2. The van der Waals surface area contributed by atoms with Gasteiger partial charge in [0, 0.05) is 36.7 Å². The largest absolute Gasteiger partial charge is 0.451 e. The summed E-state index contributed by atoms with van der Waals surface area (Å²) in [4.78, 5) is 26.2. The Bertz CT molecular complexity index is 968. The minimum absolute atomic E-state index is 0.0421. The van der Waals surface area contributed by atoms with E-state index in [1.54, 1.807) is 6.20 Å². The fourth-order valence-corrected chi connectivity index (χ4v) is 4.65. The second kappa shape index (κ2) is 7.01. The van der Waals surface area contributed by atoms with Gasteiger partial charge in [0.25, 0.3) is 0 Å². The van der Waals surface area contributed by atoms with Crippen molar-refractivity contribution < 1.29 is 18.0 Å². The number of halogens is 3. The van der Waals surface area contributed by atoms with Crippen molar-refractivity contribution in [3.05, 3.63) is 41.6 Å². The maximum absolute atomic E-state index is 12.8. The van der Waals surface area contributed by atoms with Crippen molar-refractivity contribution in [2.75, 3.05) is 7.05 Å². The molecule has 2 aliphatic heterocycles. The molecule has 2 saturated carbocycles. The molecule has 2 saturated heterocycles. The lowest BCUT2D eigenvalue weighted by Gasteiger charge is -2.22. The molecule has 0 radical (unpaired) electrons. The first kappa shape index (κ1) is 19.4. The molecule has 1 amide bonds. The lowest BCUT2D eigenvalue weighted by molar-refractivity contribution is -0.145. The summed E-state index contributed by atoms with van der Waals surface area (Å²) in [7, 11) is 2.01. The number of carbonyl (C=O) groups is 1. The third kappa shape index (κ3) is 3.45. The molecule has 0 aromatic carbocycles. The smallest absolute Gasteiger partial charge is 0.351 e. The van der Waals surface area contributed by atoms with Crippen molar-refractivity contribution in [1.29, 1.82) is 0 Å². The van der Waals surface area contributed by atoms with Crippen LogP contribution in [0.5, 0.6) is 0 Å². The van der Waals surface area contributed by atoms with Gasteiger partial charge in [-0.25, -0.2) is 9.97 Å². The van der Waals surface area contributed by atoms with Crippen LogP contribution in [0.1, 0.15) is 48.6 Å². The molecule has 2 aliphatic carbocycles. The monoisotopic (exact) mass is 417 g/mol. The van der Waals surface area contributed by atoms with Crippen LogP contribution in [0.4, 0.5) is 13.2 Å². The summed E-state index contributed by atoms with van der Waals surface area (Å²) in [6, 6.07) is 2.29. The number of hydrogen-bond acceptors (Lipinski definition) is 5. The summed E-state index contributed by atoms with van der Waals surface area (Å²) < 4.78 is 38.1. The van der Waals surface area contributed by atoms with E-state index < -0.39 is 12.0 Å². The number of nitrogens with one attached hydrogen (secondary N) is 1. The van der Waals surface area contributed by atoms with Gasteiger partial charge < -0.3 is 5.32 Å². The minimum Gasteiger partial charge on any atom is -0.351 e. The average molecular weight is 417 g/mol. The number of amides is 1. The Morgan fingerprint density at radius 3 is 2.43 bits per heavy atom. The Kier molecular flexibility index (Phi) is 4.53. The van der Waals surface area contributed by atoms with Crippen LogP contribution in [0.2, 0.25) is 0 Å². The zero-order valence-electron chi connectivity index (χ0n) is 16.5. The fourth-order valence-electron chi connectivity index (χ4n) is 4.65. The van der Waals surface area contributed by atoms with E-state index in [1.165, 1.54) is 0 Å². The SMILES string of the molecule is CN1C2CC(C2)[C@H]1C(=O)NCc1cc(-c2cnc(C(F)(F)F)nc2)ncc1C1CC1. The first-order valence-electron chi connectivity index (χ1n) is 10.2. The number of nitrogens with zero attached hydrogens (tertiary/aromatic N) is 4. The molecule has 6 nitrogen and oxygen atoms in total. The second-order valence-electron chi connectivity index (χ2n) is 8.55. The Morgan fingerprint density at radius 1 is 1.17 bits per heavy atom. The summed E-state index contributed by atoms with van der Waals surface area (Å²) in [6.07, 6.45) is 3.82. The van der Waals surface area contributed by atoms with Crippen molar-refractivity contribution in [3.63, 3.8) is 0 Å². The highest BCUT2D eigenvalue weighted by molar-refractivity contribution is 5.83. The van der Waals surface area contributed by atoms with Crippen LogP contribution in [0.15, 0.2) is 24.7 Å². The molecule has 2 aromatic heterocycles.